The Morgan fingerprint density at radius 2 is 1.88 bits per heavy atom. The summed E-state index contributed by atoms with van der Waals surface area (Å²) in [5, 5.41) is 12.0. The van der Waals surface area contributed by atoms with Gasteiger partial charge in [0.1, 0.15) is 24.1 Å². The lowest BCUT2D eigenvalue weighted by molar-refractivity contribution is -0.0144. The van der Waals surface area contributed by atoms with E-state index in [1.54, 1.807) is 4.90 Å². The molecule has 13 nitrogen and oxygen atoms in total. The molecule has 7 rings (SSSR count). The highest BCUT2D eigenvalue weighted by Crippen LogP contribution is 2.53. The first-order chi connectivity index (χ1) is 20.1. The van der Waals surface area contributed by atoms with Crippen LogP contribution in [0.25, 0.3) is 0 Å². The number of pyridine rings is 1. The van der Waals surface area contributed by atoms with Gasteiger partial charge in [-0.1, -0.05) is 11.3 Å². The summed E-state index contributed by atoms with van der Waals surface area (Å²) < 4.78 is 13.5. The molecule has 42 heavy (non-hydrogen) atoms. The minimum absolute atomic E-state index is 0.112. The highest BCUT2D eigenvalue weighted by atomic mass is 16.6. The van der Waals surface area contributed by atoms with Gasteiger partial charge in [-0.3, -0.25) is 9.80 Å². The highest BCUT2D eigenvalue weighted by Gasteiger charge is 2.50. The highest BCUT2D eigenvalue weighted by molar-refractivity contribution is 5.89. The number of amides is 1. The molecule has 0 saturated carbocycles. The maximum atomic E-state index is 12.5. The zero-order valence-corrected chi connectivity index (χ0v) is 24.6. The number of carbonyl (C=O) groups excluding carboxylic acids is 1. The van der Waals surface area contributed by atoms with Gasteiger partial charge in [-0.25, -0.2) is 19.4 Å². The SMILES string of the molecule is C[C@H]1COC(=O)N1c1cccc(N2C3=CC(C)(C)OC[C@]3(C)c3cnc(Nc4cn(C5CCN(C)CC5)nn4)nc32)n1. The lowest BCUT2D eigenvalue weighted by Crippen LogP contribution is -2.42. The molecule has 2 fully saturated rings. The average molecular weight is 573 g/mol. The first-order valence-electron chi connectivity index (χ1n) is 14.5. The van der Waals surface area contributed by atoms with E-state index in [9.17, 15) is 4.79 Å². The molecule has 0 unspecified atom stereocenters. The van der Waals surface area contributed by atoms with Crippen molar-refractivity contribution in [3.05, 3.63) is 47.9 Å². The van der Waals surface area contributed by atoms with Crippen molar-refractivity contribution in [2.24, 2.45) is 0 Å². The number of cyclic esters (lactones) is 1. The van der Waals surface area contributed by atoms with Gasteiger partial charge in [0.2, 0.25) is 5.95 Å². The summed E-state index contributed by atoms with van der Waals surface area (Å²) in [6.45, 7) is 11.0. The second-order valence-electron chi connectivity index (χ2n) is 12.4. The van der Waals surface area contributed by atoms with Crippen LogP contribution in [0.15, 0.2) is 42.4 Å². The minimum Gasteiger partial charge on any atom is -0.447 e. The number of fused-ring (bicyclic) bond motifs is 3. The lowest BCUT2D eigenvalue weighted by atomic mass is 9.80. The summed E-state index contributed by atoms with van der Waals surface area (Å²) in [6.07, 6.45) is 7.58. The number of carbonyl (C=O) groups is 1. The molecule has 0 radical (unpaired) electrons. The average Bonchev–Trinajstić information content (AvgIpc) is 3.63. The fourth-order valence-corrected chi connectivity index (χ4v) is 6.19. The first-order valence-corrected chi connectivity index (χ1v) is 14.5. The van der Waals surface area contributed by atoms with Gasteiger partial charge in [0.05, 0.1) is 35.9 Å². The van der Waals surface area contributed by atoms with Crippen molar-refractivity contribution in [2.75, 3.05) is 48.5 Å². The van der Waals surface area contributed by atoms with Crippen molar-refractivity contribution >= 4 is 35.3 Å². The van der Waals surface area contributed by atoms with Crippen molar-refractivity contribution in [1.82, 2.24) is 34.8 Å². The van der Waals surface area contributed by atoms with Crippen LogP contribution in [0.2, 0.25) is 0 Å². The topological polar surface area (TPSA) is 127 Å². The maximum absolute atomic E-state index is 12.5. The van der Waals surface area contributed by atoms with Gasteiger partial charge in [-0.15, -0.1) is 5.10 Å². The largest absolute Gasteiger partial charge is 0.447 e. The molecule has 1 amide bonds. The van der Waals surface area contributed by atoms with Gasteiger partial charge in [0.15, 0.2) is 5.82 Å². The van der Waals surface area contributed by atoms with Crippen LogP contribution in [0.4, 0.5) is 34.0 Å². The third kappa shape index (κ3) is 4.47. The van der Waals surface area contributed by atoms with Crippen molar-refractivity contribution in [2.45, 2.75) is 63.6 Å². The van der Waals surface area contributed by atoms with Crippen molar-refractivity contribution < 1.29 is 14.3 Å². The molecule has 220 valence electrons. The quantitative estimate of drug-likeness (QED) is 0.478. The van der Waals surface area contributed by atoms with E-state index in [1.807, 2.05) is 56.0 Å². The molecule has 7 heterocycles. The molecule has 2 saturated heterocycles. The number of rotatable bonds is 5. The number of nitrogens with one attached hydrogen (secondary N) is 1. The molecule has 1 N–H and O–H groups in total. The predicted octanol–water partition coefficient (Wildman–Crippen LogP) is 3.92. The van der Waals surface area contributed by atoms with Crippen LogP contribution in [0.5, 0.6) is 0 Å². The molecule has 4 aliphatic heterocycles. The molecule has 3 aromatic rings. The molecule has 0 bridgehead atoms. The van der Waals surface area contributed by atoms with Gasteiger partial charge in [0.25, 0.3) is 0 Å². The van der Waals surface area contributed by atoms with E-state index >= 15 is 0 Å². The van der Waals surface area contributed by atoms with Gasteiger partial charge < -0.3 is 19.7 Å². The third-order valence-corrected chi connectivity index (χ3v) is 8.69. The number of likely N-dealkylation sites (tertiary alicyclic amines) is 1. The van der Waals surface area contributed by atoms with Gasteiger partial charge in [0, 0.05) is 17.5 Å². The van der Waals surface area contributed by atoms with E-state index in [4.69, 9.17) is 19.4 Å². The van der Waals surface area contributed by atoms with Crippen molar-refractivity contribution in [1.29, 1.82) is 0 Å². The molecule has 2 atom stereocenters. The number of piperidine rings is 1. The summed E-state index contributed by atoms with van der Waals surface area (Å²) in [4.78, 5) is 33.1. The molecule has 0 spiro atoms. The molecule has 3 aromatic heterocycles. The molecule has 0 aromatic carbocycles. The van der Waals surface area contributed by atoms with Crippen LogP contribution in [0.3, 0.4) is 0 Å². The smallest absolute Gasteiger partial charge is 0.415 e. The van der Waals surface area contributed by atoms with Gasteiger partial charge >= 0.3 is 6.09 Å². The number of nitrogens with zero attached hydrogens (tertiary/aromatic N) is 9. The van der Waals surface area contributed by atoms with Crippen LogP contribution in [-0.2, 0) is 14.9 Å². The number of hydrogen-bond donors (Lipinski definition) is 1. The molecular weight excluding hydrogens is 536 g/mol. The fraction of sp³-hybridized carbons (Fsp3) is 0.517. The Balaban J connectivity index is 1.25. The van der Waals surface area contributed by atoms with E-state index in [1.165, 1.54) is 0 Å². The number of aromatic nitrogens is 6. The monoisotopic (exact) mass is 572 g/mol. The zero-order valence-electron chi connectivity index (χ0n) is 24.6. The summed E-state index contributed by atoms with van der Waals surface area (Å²) in [5.41, 5.74) is 0.972. The second kappa shape index (κ2) is 9.73. The summed E-state index contributed by atoms with van der Waals surface area (Å²) in [5.74, 6) is 2.87. The van der Waals surface area contributed by atoms with E-state index in [0.717, 1.165) is 37.2 Å². The summed E-state index contributed by atoms with van der Waals surface area (Å²) in [6, 6.07) is 5.87. The molecule has 0 aliphatic carbocycles. The third-order valence-electron chi connectivity index (χ3n) is 8.69. The standard InChI is InChI=1S/C29H36N10O3/c1-18-16-41-27(40)38(18)23-7-6-8-24(32-23)39-21-13-28(2,3)42-17-29(21,4)20-14-30-26(33-25(20)39)31-22-15-37(35-34-22)19-9-11-36(5)12-10-19/h6-8,13-15,18-19H,9-12,16-17H2,1-5H3,(H,30,31,33)/t18-,29+/m0/s1. The Morgan fingerprint density at radius 3 is 2.64 bits per heavy atom. The first kappa shape index (κ1) is 26.8. The minimum atomic E-state index is -0.488. The number of ether oxygens (including phenoxy) is 2. The summed E-state index contributed by atoms with van der Waals surface area (Å²) >= 11 is 0. The van der Waals surface area contributed by atoms with E-state index in [0.29, 0.717) is 48.5 Å². The maximum Gasteiger partial charge on any atom is 0.415 e. The predicted molar refractivity (Wildman–Crippen MR) is 156 cm³/mol. The van der Waals surface area contributed by atoms with E-state index in [2.05, 4.69) is 50.5 Å². The Hall–Kier alpha value is -4.10. The Labute approximate surface area is 244 Å². The van der Waals surface area contributed by atoms with Crippen LogP contribution < -0.4 is 15.1 Å². The zero-order chi connectivity index (χ0) is 29.2. The molecule has 4 aliphatic rings. The van der Waals surface area contributed by atoms with Crippen LogP contribution in [-0.4, -0.2) is 85.9 Å². The van der Waals surface area contributed by atoms with Crippen LogP contribution >= 0.6 is 0 Å². The lowest BCUT2D eigenvalue weighted by Gasteiger charge is -2.39. The molecule has 13 heteroatoms. The fourth-order valence-electron chi connectivity index (χ4n) is 6.19. The normalized spacial score (nSPS) is 25.7. The van der Waals surface area contributed by atoms with Crippen molar-refractivity contribution in [3.8, 4) is 0 Å². The van der Waals surface area contributed by atoms with Gasteiger partial charge in [-0.05, 0) is 78.9 Å². The number of anilines is 5. The Bertz CT molecular complexity index is 1560. The van der Waals surface area contributed by atoms with Gasteiger partial charge in [-0.2, -0.15) is 4.98 Å². The Morgan fingerprint density at radius 1 is 1.10 bits per heavy atom. The molecular formula is C29H36N10O3. The van der Waals surface area contributed by atoms with Crippen LogP contribution in [0.1, 0.15) is 52.1 Å². The van der Waals surface area contributed by atoms with Crippen molar-refractivity contribution in [3.63, 3.8) is 0 Å². The van der Waals surface area contributed by atoms with E-state index < -0.39 is 17.1 Å². The number of hydrogen-bond acceptors (Lipinski definition) is 11. The Kier molecular flexibility index (Phi) is 6.21. The van der Waals surface area contributed by atoms with Crippen LogP contribution in [0, 0.1) is 0 Å². The summed E-state index contributed by atoms with van der Waals surface area (Å²) in [7, 11) is 2.14. The van der Waals surface area contributed by atoms with E-state index in [-0.39, 0.29) is 6.04 Å². The second-order valence-corrected chi connectivity index (χ2v) is 12.4.